The SMILES string of the molecule is CCN(CCO)Cc1cc(F)cc(C(=N)N)c1. The largest absolute Gasteiger partial charge is 0.395 e. The molecule has 0 fully saturated rings. The lowest BCUT2D eigenvalue weighted by molar-refractivity contribution is 0.196. The minimum Gasteiger partial charge on any atom is -0.395 e. The van der Waals surface area contributed by atoms with Gasteiger partial charge in [-0.25, -0.2) is 4.39 Å². The summed E-state index contributed by atoms with van der Waals surface area (Å²) in [6, 6.07) is 4.37. The summed E-state index contributed by atoms with van der Waals surface area (Å²) >= 11 is 0. The van der Waals surface area contributed by atoms with Crippen molar-refractivity contribution in [2.45, 2.75) is 13.5 Å². The highest BCUT2D eigenvalue weighted by Crippen LogP contribution is 2.11. The highest BCUT2D eigenvalue weighted by Gasteiger charge is 2.07. The Morgan fingerprint density at radius 1 is 1.47 bits per heavy atom. The number of hydrogen-bond acceptors (Lipinski definition) is 3. The second-order valence-electron chi connectivity index (χ2n) is 3.85. The van der Waals surface area contributed by atoms with E-state index >= 15 is 0 Å². The highest BCUT2D eigenvalue weighted by atomic mass is 19.1. The maximum absolute atomic E-state index is 13.3. The fraction of sp³-hybridized carbons (Fsp3) is 0.417. The Kier molecular flexibility index (Phi) is 5.06. The van der Waals surface area contributed by atoms with Crippen LogP contribution >= 0.6 is 0 Å². The number of amidine groups is 1. The number of benzene rings is 1. The van der Waals surface area contributed by atoms with E-state index in [0.29, 0.717) is 18.7 Å². The Hall–Kier alpha value is -1.46. The third kappa shape index (κ3) is 4.13. The van der Waals surface area contributed by atoms with Crippen LogP contribution in [-0.4, -0.2) is 35.5 Å². The van der Waals surface area contributed by atoms with Gasteiger partial charge in [-0.2, -0.15) is 0 Å². The predicted molar refractivity (Wildman–Crippen MR) is 65.5 cm³/mol. The number of rotatable bonds is 6. The normalized spacial score (nSPS) is 10.8. The number of nitrogens with two attached hydrogens (primary N) is 1. The number of nitrogen functional groups attached to an aromatic ring is 1. The fourth-order valence-corrected chi connectivity index (χ4v) is 1.65. The number of halogens is 1. The number of aliphatic hydroxyl groups is 1. The van der Waals surface area contributed by atoms with Crippen molar-refractivity contribution >= 4 is 5.84 Å². The van der Waals surface area contributed by atoms with Crippen LogP contribution in [0.5, 0.6) is 0 Å². The van der Waals surface area contributed by atoms with Crippen LogP contribution in [-0.2, 0) is 6.54 Å². The van der Waals surface area contributed by atoms with Crippen LogP contribution in [0.2, 0.25) is 0 Å². The van der Waals surface area contributed by atoms with Gasteiger partial charge in [0.25, 0.3) is 0 Å². The molecule has 0 amide bonds. The molecule has 94 valence electrons. The molecule has 0 aromatic heterocycles. The lowest BCUT2D eigenvalue weighted by Crippen LogP contribution is -2.26. The molecule has 0 spiro atoms. The molecule has 4 N–H and O–H groups in total. The van der Waals surface area contributed by atoms with E-state index in [1.54, 1.807) is 6.07 Å². The van der Waals surface area contributed by atoms with Crippen LogP contribution in [0.25, 0.3) is 0 Å². The molecule has 1 aromatic carbocycles. The summed E-state index contributed by atoms with van der Waals surface area (Å²) in [5.74, 6) is -0.538. The Balaban J connectivity index is 2.86. The maximum Gasteiger partial charge on any atom is 0.124 e. The van der Waals surface area contributed by atoms with Gasteiger partial charge in [0.15, 0.2) is 0 Å². The van der Waals surface area contributed by atoms with Crippen LogP contribution in [0.3, 0.4) is 0 Å². The zero-order valence-corrected chi connectivity index (χ0v) is 9.91. The van der Waals surface area contributed by atoms with Gasteiger partial charge in [0.05, 0.1) is 6.61 Å². The van der Waals surface area contributed by atoms with Crippen LogP contribution in [0.15, 0.2) is 18.2 Å². The minimum absolute atomic E-state index is 0.0721. The lowest BCUT2D eigenvalue weighted by Gasteiger charge is -2.19. The van der Waals surface area contributed by atoms with Gasteiger partial charge < -0.3 is 10.8 Å². The molecule has 4 nitrogen and oxygen atoms in total. The molecule has 17 heavy (non-hydrogen) atoms. The van der Waals surface area contributed by atoms with Gasteiger partial charge in [-0.15, -0.1) is 0 Å². The maximum atomic E-state index is 13.3. The Bertz CT molecular complexity index is 395. The van der Waals surface area contributed by atoms with Gasteiger partial charge in [-0.05, 0) is 30.3 Å². The average molecular weight is 239 g/mol. The van der Waals surface area contributed by atoms with E-state index in [0.717, 1.165) is 12.1 Å². The zero-order valence-electron chi connectivity index (χ0n) is 9.91. The Morgan fingerprint density at radius 2 is 2.18 bits per heavy atom. The second-order valence-corrected chi connectivity index (χ2v) is 3.85. The number of nitrogens with one attached hydrogen (secondary N) is 1. The molecule has 1 rings (SSSR count). The van der Waals surface area contributed by atoms with Crippen LogP contribution in [0.1, 0.15) is 18.1 Å². The van der Waals surface area contributed by atoms with Crippen molar-refractivity contribution in [1.29, 1.82) is 5.41 Å². The van der Waals surface area contributed by atoms with Crippen molar-refractivity contribution in [1.82, 2.24) is 4.90 Å². The van der Waals surface area contributed by atoms with Gasteiger partial charge >= 0.3 is 0 Å². The average Bonchev–Trinajstić information content (AvgIpc) is 2.27. The number of hydrogen-bond donors (Lipinski definition) is 3. The van der Waals surface area contributed by atoms with E-state index in [2.05, 4.69) is 0 Å². The van der Waals surface area contributed by atoms with Gasteiger partial charge in [0.2, 0.25) is 0 Å². The Labute approximate surface area is 100 Å². The first-order chi connectivity index (χ1) is 8.06. The topological polar surface area (TPSA) is 73.3 Å². The fourth-order valence-electron chi connectivity index (χ4n) is 1.65. The smallest absolute Gasteiger partial charge is 0.124 e. The molecule has 0 atom stereocenters. The molecular weight excluding hydrogens is 221 g/mol. The summed E-state index contributed by atoms with van der Waals surface area (Å²) in [4.78, 5) is 1.98. The van der Waals surface area contributed by atoms with Gasteiger partial charge in [-0.3, -0.25) is 10.3 Å². The first-order valence-electron chi connectivity index (χ1n) is 5.54. The molecule has 5 heteroatoms. The van der Waals surface area contributed by atoms with Crippen molar-refractivity contribution < 1.29 is 9.50 Å². The summed E-state index contributed by atoms with van der Waals surface area (Å²) in [5.41, 5.74) is 6.48. The van der Waals surface area contributed by atoms with E-state index < -0.39 is 5.82 Å². The minimum atomic E-state index is -0.396. The standard InChI is InChI=1S/C12H18FN3O/c1-2-16(3-4-17)8-9-5-10(12(14)15)7-11(13)6-9/h5-7,17H,2-4,8H2,1H3,(H3,14,15). The van der Waals surface area contributed by atoms with Crippen LogP contribution in [0.4, 0.5) is 4.39 Å². The number of nitrogens with zero attached hydrogens (tertiary/aromatic N) is 1. The first-order valence-corrected chi connectivity index (χ1v) is 5.54. The second kappa shape index (κ2) is 6.32. The summed E-state index contributed by atoms with van der Waals surface area (Å²) in [6.45, 7) is 3.90. The van der Waals surface area contributed by atoms with Crippen molar-refractivity contribution in [3.05, 3.63) is 35.1 Å². The summed E-state index contributed by atoms with van der Waals surface area (Å²) < 4.78 is 13.3. The van der Waals surface area contributed by atoms with Gasteiger partial charge in [0.1, 0.15) is 11.7 Å². The van der Waals surface area contributed by atoms with Crippen molar-refractivity contribution in [2.24, 2.45) is 5.73 Å². The first kappa shape index (κ1) is 13.6. The predicted octanol–water partition coefficient (Wildman–Crippen LogP) is 0.924. The summed E-state index contributed by atoms with van der Waals surface area (Å²) in [5, 5.41) is 16.2. The molecular formula is C12H18FN3O. The molecule has 0 unspecified atom stereocenters. The number of aliphatic hydroxyl groups excluding tert-OH is 1. The monoisotopic (exact) mass is 239 g/mol. The quantitative estimate of drug-likeness (QED) is 0.510. The molecule has 0 saturated heterocycles. The number of likely N-dealkylation sites (N-methyl/N-ethyl adjacent to an activating group) is 1. The van der Waals surface area contributed by atoms with E-state index in [9.17, 15) is 4.39 Å². The summed E-state index contributed by atoms with van der Waals surface area (Å²) in [6.07, 6.45) is 0. The van der Waals surface area contributed by atoms with Crippen LogP contribution in [0, 0.1) is 11.2 Å². The lowest BCUT2D eigenvalue weighted by atomic mass is 10.1. The van der Waals surface area contributed by atoms with Crippen LogP contribution < -0.4 is 5.73 Å². The highest BCUT2D eigenvalue weighted by molar-refractivity contribution is 5.95. The molecule has 1 aromatic rings. The third-order valence-electron chi connectivity index (χ3n) is 2.54. The molecule has 0 aliphatic carbocycles. The van der Waals surface area contributed by atoms with Gasteiger partial charge in [0, 0.05) is 18.7 Å². The van der Waals surface area contributed by atoms with Crippen molar-refractivity contribution in [2.75, 3.05) is 19.7 Å². The van der Waals surface area contributed by atoms with E-state index in [4.69, 9.17) is 16.2 Å². The molecule has 0 aliphatic heterocycles. The molecule has 0 saturated carbocycles. The molecule has 0 radical (unpaired) electrons. The van der Waals surface area contributed by atoms with Gasteiger partial charge in [-0.1, -0.05) is 6.92 Å². The molecule has 0 aliphatic rings. The molecule has 0 bridgehead atoms. The van der Waals surface area contributed by atoms with E-state index in [1.165, 1.54) is 12.1 Å². The zero-order chi connectivity index (χ0) is 12.8. The van der Waals surface area contributed by atoms with Crippen molar-refractivity contribution in [3.63, 3.8) is 0 Å². The van der Waals surface area contributed by atoms with E-state index in [1.807, 2.05) is 11.8 Å². The van der Waals surface area contributed by atoms with Crippen molar-refractivity contribution in [3.8, 4) is 0 Å². The van der Waals surface area contributed by atoms with E-state index in [-0.39, 0.29) is 12.4 Å². The Morgan fingerprint density at radius 3 is 2.71 bits per heavy atom. The third-order valence-corrected chi connectivity index (χ3v) is 2.54. The summed E-state index contributed by atoms with van der Waals surface area (Å²) in [7, 11) is 0. The molecule has 0 heterocycles.